The van der Waals surface area contributed by atoms with Gasteiger partial charge in [0.2, 0.25) is 0 Å². The summed E-state index contributed by atoms with van der Waals surface area (Å²) in [5.74, 6) is 0.818. The zero-order valence-corrected chi connectivity index (χ0v) is 15.1. The Hall–Kier alpha value is -2.25. The maximum atomic E-state index is 13.0. The van der Waals surface area contributed by atoms with Crippen LogP contribution in [0.25, 0.3) is 10.1 Å². The van der Waals surface area contributed by atoms with Crippen LogP contribution in [0.15, 0.2) is 48.5 Å². The summed E-state index contributed by atoms with van der Waals surface area (Å²) >= 11 is 7.04. The van der Waals surface area contributed by atoms with E-state index in [0.717, 1.165) is 37.7 Å². The van der Waals surface area contributed by atoms with Crippen molar-refractivity contribution in [2.45, 2.75) is 0 Å². The number of anilines is 2. The summed E-state index contributed by atoms with van der Waals surface area (Å²) in [7, 11) is 0. The molecule has 0 atom stereocenters. The van der Waals surface area contributed by atoms with Gasteiger partial charge >= 0.3 is 0 Å². The average Bonchev–Trinajstić information content (AvgIpc) is 3.08. The molecule has 2 heterocycles. The lowest BCUT2D eigenvalue weighted by atomic mass is 10.2. The van der Waals surface area contributed by atoms with Crippen LogP contribution in [0.5, 0.6) is 0 Å². The lowest BCUT2D eigenvalue weighted by Crippen LogP contribution is -2.50. The van der Waals surface area contributed by atoms with E-state index >= 15 is 0 Å². The molecule has 0 amide bonds. The highest BCUT2D eigenvalue weighted by Crippen LogP contribution is 2.29. The first-order valence-corrected chi connectivity index (χ1v) is 9.30. The molecule has 128 valence electrons. The van der Waals surface area contributed by atoms with Gasteiger partial charge < -0.3 is 15.1 Å². The van der Waals surface area contributed by atoms with Crippen LogP contribution in [0.2, 0.25) is 0 Å². The number of halogens is 1. The molecular formula is C18H17FN4S2. The van der Waals surface area contributed by atoms with E-state index in [4.69, 9.17) is 12.2 Å². The lowest BCUT2D eigenvalue weighted by Gasteiger charge is -2.36. The molecule has 7 heteroatoms. The van der Waals surface area contributed by atoms with E-state index in [2.05, 4.69) is 37.7 Å². The van der Waals surface area contributed by atoms with Crippen LogP contribution in [0.4, 0.5) is 15.9 Å². The van der Waals surface area contributed by atoms with Crippen LogP contribution in [-0.4, -0.2) is 40.6 Å². The smallest absolute Gasteiger partial charge is 0.173 e. The van der Waals surface area contributed by atoms with Crippen molar-refractivity contribution in [3.63, 3.8) is 0 Å². The number of rotatable bonds is 2. The first-order valence-electron chi connectivity index (χ1n) is 8.11. The minimum Gasteiger partial charge on any atom is -0.352 e. The van der Waals surface area contributed by atoms with Gasteiger partial charge in [-0.25, -0.2) is 4.39 Å². The van der Waals surface area contributed by atoms with Gasteiger partial charge in [-0.05, 0) is 60.1 Å². The second-order valence-corrected chi connectivity index (χ2v) is 7.11. The molecule has 1 aromatic heterocycles. The highest BCUT2D eigenvalue weighted by Gasteiger charge is 2.22. The molecular weight excluding hydrogens is 355 g/mol. The summed E-state index contributed by atoms with van der Waals surface area (Å²) in [6.45, 7) is 3.41. The molecule has 1 N–H and O–H groups in total. The van der Waals surface area contributed by atoms with Gasteiger partial charge in [0.1, 0.15) is 11.6 Å². The van der Waals surface area contributed by atoms with Crippen molar-refractivity contribution >= 4 is 50.5 Å². The molecule has 4 rings (SSSR count). The minimum absolute atomic E-state index is 0.249. The third-order valence-corrected chi connectivity index (χ3v) is 5.50. The van der Waals surface area contributed by atoms with Crippen molar-refractivity contribution in [2.24, 2.45) is 0 Å². The highest BCUT2D eigenvalue weighted by atomic mass is 32.1. The summed E-state index contributed by atoms with van der Waals surface area (Å²) in [5, 5.41) is 5.07. The van der Waals surface area contributed by atoms with Crippen LogP contribution >= 0.6 is 23.8 Å². The zero-order valence-electron chi connectivity index (χ0n) is 13.5. The molecule has 1 saturated heterocycles. The third kappa shape index (κ3) is 3.43. The van der Waals surface area contributed by atoms with Crippen molar-refractivity contribution in [2.75, 3.05) is 36.4 Å². The topological polar surface area (TPSA) is 31.4 Å². The number of aromatic nitrogens is 1. The van der Waals surface area contributed by atoms with E-state index < -0.39 is 0 Å². The van der Waals surface area contributed by atoms with Crippen LogP contribution < -0.4 is 10.2 Å². The number of piperazine rings is 1. The molecule has 0 spiro atoms. The number of nitrogens with one attached hydrogen (secondary N) is 1. The Balaban J connectivity index is 1.39. The van der Waals surface area contributed by atoms with E-state index in [1.807, 2.05) is 6.07 Å². The van der Waals surface area contributed by atoms with E-state index in [1.54, 1.807) is 23.7 Å². The van der Waals surface area contributed by atoms with Crippen molar-refractivity contribution in [1.82, 2.24) is 9.27 Å². The van der Waals surface area contributed by atoms with Crippen LogP contribution in [0.3, 0.4) is 0 Å². The monoisotopic (exact) mass is 372 g/mol. The van der Waals surface area contributed by atoms with E-state index in [-0.39, 0.29) is 5.82 Å². The Morgan fingerprint density at radius 3 is 2.52 bits per heavy atom. The Morgan fingerprint density at radius 1 is 1.04 bits per heavy atom. The average molecular weight is 372 g/mol. The zero-order chi connectivity index (χ0) is 17.2. The summed E-state index contributed by atoms with van der Waals surface area (Å²) in [5.41, 5.74) is 0.805. The summed E-state index contributed by atoms with van der Waals surface area (Å²) in [6.07, 6.45) is 0. The van der Waals surface area contributed by atoms with Gasteiger partial charge in [0.05, 0.1) is 4.70 Å². The number of thiocarbonyl (C=S) groups is 1. The molecule has 0 unspecified atom stereocenters. The molecule has 0 bridgehead atoms. The normalized spacial score (nSPS) is 14.8. The summed E-state index contributed by atoms with van der Waals surface area (Å²) < 4.78 is 18.8. The highest BCUT2D eigenvalue weighted by molar-refractivity contribution is 7.80. The Bertz CT molecular complexity index is 885. The summed E-state index contributed by atoms with van der Waals surface area (Å²) in [4.78, 5) is 4.46. The van der Waals surface area contributed by atoms with Crippen molar-refractivity contribution in [3.05, 3.63) is 54.3 Å². The molecule has 4 nitrogen and oxygen atoms in total. The molecule has 1 aliphatic heterocycles. The number of hydrogen-bond donors (Lipinski definition) is 1. The minimum atomic E-state index is -0.249. The second-order valence-electron chi connectivity index (χ2n) is 5.91. The SMILES string of the molecule is Fc1ccc(NC(=S)N2CCN(c3nsc4ccccc34)CC2)cc1. The number of fused-ring (bicyclic) bond motifs is 1. The predicted molar refractivity (Wildman–Crippen MR) is 106 cm³/mol. The summed E-state index contributed by atoms with van der Waals surface area (Å²) in [6, 6.07) is 14.6. The van der Waals surface area contributed by atoms with E-state index in [9.17, 15) is 4.39 Å². The molecule has 0 saturated carbocycles. The van der Waals surface area contributed by atoms with Crippen molar-refractivity contribution < 1.29 is 4.39 Å². The van der Waals surface area contributed by atoms with Crippen molar-refractivity contribution in [3.8, 4) is 0 Å². The molecule has 1 fully saturated rings. The molecule has 1 aliphatic rings. The fourth-order valence-electron chi connectivity index (χ4n) is 2.96. The van der Waals surface area contributed by atoms with Gasteiger partial charge in [-0.2, -0.15) is 4.37 Å². The van der Waals surface area contributed by atoms with E-state index in [0.29, 0.717) is 5.11 Å². The van der Waals surface area contributed by atoms with E-state index in [1.165, 1.54) is 22.2 Å². The van der Waals surface area contributed by atoms with Crippen molar-refractivity contribution in [1.29, 1.82) is 0 Å². The first kappa shape index (κ1) is 16.2. The maximum Gasteiger partial charge on any atom is 0.173 e. The van der Waals surface area contributed by atoms with Crippen LogP contribution in [0, 0.1) is 5.82 Å². The number of hydrogen-bond acceptors (Lipinski definition) is 4. The second kappa shape index (κ2) is 6.93. The van der Waals surface area contributed by atoms with Crippen LogP contribution in [0.1, 0.15) is 0 Å². The lowest BCUT2D eigenvalue weighted by molar-refractivity contribution is 0.390. The quantitative estimate of drug-likeness (QED) is 0.689. The fraction of sp³-hybridized carbons (Fsp3) is 0.222. The molecule has 2 aromatic carbocycles. The molecule has 25 heavy (non-hydrogen) atoms. The standard InChI is InChI=1S/C18H17FN4S2/c19-13-5-7-14(8-6-13)20-18(24)23-11-9-22(10-12-23)17-15-3-1-2-4-16(15)25-21-17/h1-8H,9-12H2,(H,20,24). The van der Waals surface area contributed by atoms with Gasteiger partial charge in [0.15, 0.2) is 5.11 Å². The molecule has 3 aromatic rings. The van der Waals surface area contributed by atoms with Gasteiger partial charge in [0.25, 0.3) is 0 Å². The number of nitrogens with zero attached hydrogens (tertiary/aromatic N) is 3. The van der Waals surface area contributed by atoms with Gasteiger partial charge in [0, 0.05) is 37.3 Å². The van der Waals surface area contributed by atoms with Gasteiger partial charge in [-0.3, -0.25) is 0 Å². The molecule has 0 radical (unpaired) electrons. The molecule has 0 aliphatic carbocycles. The Morgan fingerprint density at radius 2 is 1.76 bits per heavy atom. The maximum absolute atomic E-state index is 13.0. The first-order chi connectivity index (χ1) is 12.2. The predicted octanol–water partition coefficient (Wildman–Crippen LogP) is 3.95. The van der Waals surface area contributed by atoms with Gasteiger partial charge in [-0.15, -0.1) is 0 Å². The fourth-order valence-corrected chi connectivity index (χ4v) is 4.05. The van der Waals surface area contributed by atoms with Gasteiger partial charge in [-0.1, -0.05) is 12.1 Å². The van der Waals surface area contributed by atoms with Crippen LogP contribution in [-0.2, 0) is 0 Å². The Kier molecular flexibility index (Phi) is 4.50. The Labute approximate surface area is 155 Å². The largest absolute Gasteiger partial charge is 0.352 e. The number of benzene rings is 2. The third-order valence-electron chi connectivity index (χ3n) is 4.32.